The quantitative estimate of drug-likeness (QED) is 0.296. The zero-order chi connectivity index (χ0) is 32.9. The molecule has 10 heteroatoms. The first-order chi connectivity index (χ1) is 22.8. The number of piperidine rings is 1. The highest BCUT2D eigenvalue weighted by Crippen LogP contribution is 2.35. The van der Waals surface area contributed by atoms with Crippen LogP contribution in [0.25, 0.3) is 11.3 Å². The van der Waals surface area contributed by atoms with Crippen LogP contribution in [0.15, 0.2) is 48.5 Å². The van der Waals surface area contributed by atoms with E-state index >= 15 is 0 Å². The van der Waals surface area contributed by atoms with Crippen LogP contribution in [-0.4, -0.2) is 83.9 Å². The van der Waals surface area contributed by atoms with E-state index in [1.807, 2.05) is 47.4 Å². The van der Waals surface area contributed by atoms with E-state index in [9.17, 15) is 9.59 Å². The lowest BCUT2D eigenvalue weighted by molar-refractivity contribution is -0.128. The summed E-state index contributed by atoms with van der Waals surface area (Å²) in [5.74, 6) is 2.13. The summed E-state index contributed by atoms with van der Waals surface area (Å²) in [6.45, 7) is 10.9. The molecule has 2 amide bonds. The van der Waals surface area contributed by atoms with Crippen molar-refractivity contribution in [2.75, 3.05) is 40.0 Å². The van der Waals surface area contributed by atoms with E-state index in [0.717, 1.165) is 74.5 Å². The standard InChI is InChI=1S/C37H47N5O5/c1-24(2)32-9-10-33(40-39-32)26-5-7-30(8-6-26)47-34-21-31(35(45-4)20-27(34)23-42-22-25(3)19-36(42)43)37(44)38-28-11-15-41(16-12-28)29-13-17-46-18-14-29/h5-10,20-21,24-25,28-29H,11-19,22-23H2,1-4H3,(H,38,44). The smallest absolute Gasteiger partial charge is 0.255 e. The molecule has 3 fully saturated rings. The van der Waals surface area contributed by atoms with Crippen LogP contribution in [0.1, 0.15) is 80.4 Å². The highest BCUT2D eigenvalue weighted by Gasteiger charge is 2.30. The van der Waals surface area contributed by atoms with E-state index in [4.69, 9.17) is 14.2 Å². The second-order valence-corrected chi connectivity index (χ2v) is 13.5. The molecule has 250 valence electrons. The average molecular weight is 642 g/mol. The van der Waals surface area contributed by atoms with Gasteiger partial charge in [-0.05, 0) is 86.1 Å². The van der Waals surface area contributed by atoms with Gasteiger partial charge < -0.3 is 29.3 Å². The van der Waals surface area contributed by atoms with Gasteiger partial charge >= 0.3 is 0 Å². The Morgan fingerprint density at radius 1 is 1.00 bits per heavy atom. The number of hydrogen-bond acceptors (Lipinski definition) is 8. The van der Waals surface area contributed by atoms with Gasteiger partial charge in [0, 0.05) is 69.0 Å². The molecule has 3 aliphatic heterocycles. The molecule has 10 nitrogen and oxygen atoms in total. The monoisotopic (exact) mass is 641 g/mol. The van der Waals surface area contributed by atoms with Gasteiger partial charge in [-0.3, -0.25) is 9.59 Å². The number of nitrogens with one attached hydrogen (secondary N) is 1. The van der Waals surface area contributed by atoms with Crippen molar-refractivity contribution in [1.29, 1.82) is 0 Å². The third kappa shape index (κ3) is 7.93. The molecule has 3 aromatic rings. The summed E-state index contributed by atoms with van der Waals surface area (Å²) >= 11 is 0. The van der Waals surface area contributed by atoms with Crippen molar-refractivity contribution >= 4 is 11.8 Å². The zero-order valence-electron chi connectivity index (χ0n) is 28.0. The Hall–Kier alpha value is -4.02. The number of carbonyl (C=O) groups is 2. The SMILES string of the molecule is COc1cc(CN2CC(C)CC2=O)c(Oc2ccc(-c3ccc(C(C)C)nn3)cc2)cc1C(=O)NC1CCN(C2CCOCC2)CC1. The van der Waals surface area contributed by atoms with Gasteiger partial charge in [-0.2, -0.15) is 10.2 Å². The first-order valence-electron chi connectivity index (χ1n) is 17.0. The molecule has 0 saturated carbocycles. The van der Waals surface area contributed by atoms with E-state index in [2.05, 4.69) is 41.2 Å². The van der Waals surface area contributed by atoms with Crippen LogP contribution in [0.5, 0.6) is 17.2 Å². The maximum atomic E-state index is 13.7. The Morgan fingerprint density at radius 3 is 2.36 bits per heavy atom. The molecule has 47 heavy (non-hydrogen) atoms. The van der Waals surface area contributed by atoms with Gasteiger partial charge in [-0.1, -0.05) is 20.8 Å². The largest absolute Gasteiger partial charge is 0.496 e. The van der Waals surface area contributed by atoms with Crippen molar-refractivity contribution in [3.8, 4) is 28.5 Å². The molecule has 1 aromatic heterocycles. The Labute approximate surface area is 277 Å². The number of rotatable bonds is 10. The minimum atomic E-state index is -0.188. The Bertz CT molecular complexity index is 1530. The second kappa shape index (κ2) is 14.8. The molecule has 0 bridgehead atoms. The summed E-state index contributed by atoms with van der Waals surface area (Å²) in [6.07, 6.45) is 4.49. The van der Waals surface area contributed by atoms with E-state index in [1.54, 1.807) is 13.2 Å². The van der Waals surface area contributed by atoms with Gasteiger partial charge in [0.15, 0.2) is 0 Å². The highest BCUT2D eigenvalue weighted by molar-refractivity contribution is 5.98. The van der Waals surface area contributed by atoms with Gasteiger partial charge in [0.05, 0.1) is 24.1 Å². The molecular formula is C37H47N5O5. The summed E-state index contributed by atoms with van der Waals surface area (Å²) in [6, 6.07) is 15.9. The van der Waals surface area contributed by atoms with Gasteiger partial charge in [-0.15, -0.1) is 0 Å². The Morgan fingerprint density at radius 2 is 1.74 bits per heavy atom. The molecule has 0 spiro atoms. The molecule has 2 aromatic carbocycles. The third-order valence-corrected chi connectivity index (χ3v) is 9.62. The summed E-state index contributed by atoms with van der Waals surface area (Å²) in [4.78, 5) is 30.9. The first-order valence-corrected chi connectivity index (χ1v) is 17.0. The van der Waals surface area contributed by atoms with Gasteiger partial charge in [-0.25, -0.2) is 0 Å². The molecule has 1 atom stereocenters. The lowest BCUT2D eigenvalue weighted by Gasteiger charge is -2.39. The number of methoxy groups -OCH3 is 1. The molecule has 0 radical (unpaired) electrons. The summed E-state index contributed by atoms with van der Waals surface area (Å²) in [5.41, 5.74) is 3.85. The fraction of sp³-hybridized carbons (Fsp3) is 0.514. The Balaban J connectivity index is 1.21. The molecule has 3 aliphatic rings. The van der Waals surface area contributed by atoms with Crippen LogP contribution in [-0.2, 0) is 16.1 Å². The molecule has 1 N–H and O–H groups in total. The van der Waals surface area contributed by atoms with Crippen molar-refractivity contribution in [3.05, 3.63) is 65.4 Å². The molecule has 0 aliphatic carbocycles. The summed E-state index contributed by atoms with van der Waals surface area (Å²) in [7, 11) is 1.57. The number of hydrogen-bond donors (Lipinski definition) is 1. The van der Waals surface area contributed by atoms with E-state index in [1.165, 1.54) is 0 Å². The number of carbonyl (C=O) groups excluding carboxylic acids is 2. The van der Waals surface area contributed by atoms with Crippen molar-refractivity contribution in [3.63, 3.8) is 0 Å². The first kappa shape index (κ1) is 32.9. The van der Waals surface area contributed by atoms with E-state index < -0.39 is 0 Å². The van der Waals surface area contributed by atoms with Crippen LogP contribution in [0, 0.1) is 5.92 Å². The molecule has 1 unspecified atom stereocenters. The molecule has 3 saturated heterocycles. The lowest BCUT2D eigenvalue weighted by Crippen LogP contribution is -2.49. The topological polar surface area (TPSA) is 106 Å². The molecule has 4 heterocycles. The van der Waals surface area contributed by atoms with Crippen molar-refractivity contribution in [2.45, 2.75) is 77.4 Å². The highest BCUT2D eigenvalue weighted by atomic mass is 16.5. The average Bonchev–Trinajstić information content (AvgIpc) is 3.41. The van der Waals surface area contributed by atoms with Crippen LogP contribution in [0.3, 0.4) is 0 Å². The van der Waals surface area contributed by atoms with Gasteiger partial charge in [0.2, 0.25) is 5.91 Å². The fourth-order valence-corrected chi connectivity index (χ4v) is 6.84. The number of amides is 2. The Kier molecular flexibility index (Phi) is 10.4. The lowest BCUT2D eigenvalue weighted by atomic mass is 9.99. The molecular weight excluding hydrogens is 594 g/mol. The minimum absolute atomic E-state index is 0.0845. The predicted molar refractivity (Wildman–Crippen MR) is 180 cm³/mol. The zero-order valence-corrected chi connectivity index (χ0v) is 28.0. The van der Waals surface area contributed by atoms with E-state index in [0.29, 0.717) is 60.2 Å². The number of likely N-dealkylation sites (tertiary alicyclic amines) is 2. The summed E-state index contributed by atoms with van der Waals surface area (Å²) < 4.78 is 17.7. The fourth-order valence-electron chi connectivity index (χ4n) is 6.84. The van der Waals surface area contributed by atoms with Crippen LogP contribution in [0.4, 0.5) is 0 Å². The maximum Gasteiger partial charge on any atom is 0.255 e. The minimum Gasteiger partial charge on any atom is -0.496 e. The van der Waals surface area contributed by atoms with Gasteiger partial charge in [0.1, 0.15) is 17.2 Å². The second-order valence-electron chi connectivity index (χ2n) is 13.5. The normalized spacial score (nSPS) is 19.7. The van der Waals surface area contributed by atoms with Crippen molar-refractivity contribution in [1.82, 2.24) is 25.3 Å². The van der Waals surface area contributed by atoms with Crippen LogP contribution >= 0.6 is 0 Å². The van der Waals surface area contributed by atoms with Crippen molar-refractivity contribution < 1.29 is 23.8 Å². The van der Waals surface area contributed by atoms with E-state index in [-0.39, 0.29) is 17.9 Å². The summed E-state index contributed by atoms with van der Waals surface area (Å²) in [5, 5.41) is 12.0. The van der Waals surface area contributed by atoms with Gasteiger partial charge in [0.25, 0.3) is 5.91 Å². The molecule has 6 rings (SSSR count). The number of aromatic nitrogens is 2. The predicted octanol–water partition coefficient (Wildman–Crippen LogP) is 5.81. The van der Waals surface area contributed by atoms with Crippen LogP contribution in [0.2, 0.25) is 0 Å². The third-order valence-electron chi connectivity index (χ3n) is 9.62. The maximum absolute atomic E-state index is 13.7. The number of benzene rings is 2. The van der Waals surface area contributed by atoms with Crippen molar-refractivity contribution in [2.24, 2.45) is 5.92 Å². The number of nitrogens with zero attached hydrogens (tertiary/aromatic N) is 4. The number of ether oxygens (including phenoxy) is 3. The van der Waals surface area contributed by atoms with Crippen LogP contribution < -0.4 is 14.8 Å².